The summed E-state index contributed by atoms with van der Waals surface area (Å²) in [6, 6.07) is 3.72. The van der Waals surface area contributed by atoms with E-state index in [-0.39, 0.29) is 5.82 Å². The summed E-state index contributed by atoms with van der Waals surface area (Å²) in [5.74, 6) is -0.117. The first-order chi connectivity index (χ1) is 7.66. The van der Waals surface area contributed by atoms with Crippen LogP contribution in [0.2, 0.25) is 0 Å². The number of hydrogen-bond donors (Lipinski definition) is 0. The van der Waals surface area contributed by atoms with Crippen molar-refractivity contribution in [2.45, 2.75) is 33.1 Å². The first kappa shape index (κ1) is 9.76. The van der Waals surface area contributed by atoms with Crippen molar-refractivity contribution in [2.24, 2.45) is 0 Å². The van der Waals surface area contributed by atoms with Gasteiger partial charge in [-0.3, -0.25) is 4.98 Å². The average Bonchev–Trinajstić information content (AvgIpc) is 2.25. The minimum Gasteiger partial charge on any atom is -0.253 e. The molecule has 1 aliphatic rings. The molecule has 16 heavy (non-hydrogen) atoms. The zero-order chi connectivity index (χ0) is 11.3. The second kappa shape index (κ2) is 3.27. The minimum absolute atomic E-state index is 0.117. The first-order valence-corrected chi connectivity index (χ1v) is 5.75. The Morgan fingerprint density at radius 1 is 1.19 bits per heavy atom. The van der Waals surface area contributed by atoms with E-state index in [1.807, 2.05) is 13.8 Å². The highest BCUT2D eigenvalue weighted by molar-refractivity contribution is 5.88. The highest BCUT2D eigenvalue weighted by atomic mass is 19.1. The quantitative estimate of drug-likeness (QED) is 0.655. The monoisotopic (exact) mass is 215 g/mol. The fourth-order valence-electron chi connectivity index (χ4n) is 2.75. The molecule has 3 rings (SSSR count). The van der Waals surface area contributed by atoms with Crippen LogP contribution in [-0.2, 0) is 12.8 Å². The van der Waals surface area contributed by atoms with E-state index in [0.717, 1.165) is 36.0 Å². The predicted molar refractivity (Wildman–Crippen MR) is 63.2 cm³/mol. The van der Waals surface area contributed by atoms with Crippen LogP contribution in [0.1, 0.15) is 28.8 Å². The molecule has 0 unspecified atom stereocenters. The zero-order valence-corrected chi connectivity index (χ0v) is 9.60. The van der Waals surface area contributed by atoms with E-state index in [9.17, 15) is 4.39 Å². The van der Waals surface area contributed by atoms with Gasteiger partial charge < -0.3 is 0 Å². The highest BCUT2D eigenvalue weighted by Crippen LogP contribution is 2.32. The lowest BCUT2D eigenvalue weighted by Crippen LogP contribution is -2.06. The van der Waals surface area contributed by atoms with Crippen molar-refractivity contribution in [3.63, 3.8) is 0 Å². The lowest BCUT2D eigenvalue weighted by molar-refractivity contribution is 0.615. The molecule has 0 amide bonds. The standard InChI is InChI=1S/C14H14FN/c1-8-6-10-4-3-5-11-9(2)12(15)7-13(16-8)14(10)11/h6-7H,3-5H2,1-2H3. The van der Waals surface area contributed by atoms with E-state index in [4.69, 9.17) is 0 Å². The maximum absolute atomic E-state index is 13.7. The molecular weight excluding hydrogens is 201 g/mol. The van der Waals surface area contributed by atoms with Gasteiger partial charge in [-0.05, 0) is 55.9 Å². The molecule has 0 spiro atoms. The van der Waals surface area contributed by atoms with Crippen molar-refractivity contribution in [1.82, 2.24) is 4.98 Å². The maximum Gasteiger partial charge on any atom is 0.128 e. The van der Waals surface area contributed by atoms with Gasteiger partial charge in [-0.2, -0.15) is 0 Å². The maximum atomic E-state index is 13.7. The van der Waals surface area contributed by atoms with Gasteiger partial charge in [0.1, 0.15) is 5.82 Å². The molecule has 0 saturated carbocycles. The molecule has 2 aromatic rings. The van der Waals surface area contributed by atoms with E-state index in [0.29, 0.717) is 0 Å². The van der Waals surface area contributed by atoms with Gasteiger partial charge in [0.25, 0.3) is 0 Å². The summed E-state index contributed by atoms with van der Waals surface area (Å²) in [5, 5.41) is 1.20. The fraction of sp³-hybridized carbons (Fsp3) is 0.357. The van der Waals surface area contributed by atoms with Crippen LogP contribution in [0, 0.1) is 19.7 Å². The number of halogens is 1. The van der Waals surface area contributed by atoms with Gasteiger partial charge in [0.15, 0.2) is 0 Å². The largest absolute Gasteiger partial charge is 0.253 e. The van der Waals surface area contributed by atoms with Crippen LogP contribution in [0.4, 0.5) is 4.39 Å². The molecule has 1 aliphatic carbocycles. The van der Waals surface area contributed by atoms with E-state index in [1.165, 1.54) is 16.5 Å². The Kier molecular flexibility index (Phi) is 2.00. The summed E-state index contributed by atoms with van der Waals surface area (Å²) >= 11 is 0. The Balaban J connectivity index is 2.51. The smallest absolute Gasteiger partial charge is 0.128 e. The fourth-order valence-corrected chi connectivity index (χ4v) is 2.75. The molecule has 0 saturated heterocycles. The Labute approximate surface area is 94.3 Å². The van der Waals surface area contributed by atoms with Gasteiger partial charge in [-0.1, -0.05) is 0 Å². The summed E-state index contributed by atoms with van der Waals surface area (Å²) in [7, 11) is 0. The van der Waals surface area contributed by atoms with Crippen LogP contribution in [-0.4, -0.2) is 4.98 Å². The third-order valence-corrected chi connectivity index (χ3v) is 3.51. The van der Waals surface area contributed by atoms with E-state index in [1.54, 1.807) is 6.07 Å². The molecular formula is C14H14FN. The van der Waals surface area contributed by atoms with E-state index < -0.39 is 0 Å². The van der Waals surface area contributed by atoms with Crippen LogP contribution in [0.3, 0.4) is 0 Å². The molecule has 82 valence electrons. The summed E-state index contributed by atoms with van der Waals surface area (Å²) in [6.07, 6.45) is 3.20. The summed E-state index contributed by atoms with van der Waals surface area (Å²) < 4.78 is 13.7. The van der Waals surface area contributed by atoms with Gasteiger partial charge in [-0.25, -0.2) is 4.39 Å². The lowest BCUT2D eigenvalue weighted by Gasteiger charge is -2.19. The van der Waals surface area contributed by atoms with Crippen molar-refractivity contribution < 1.29 is 4.39 Å². The van der Waals surface area contributed by atoms with Crippen LogP contribution in [0.15, 0.2) is 12.1 Å². The van der Waals surface area contributed by atoms with Crippen molar-refractivity contribution >= 4 is 10.9 Å². The third kappa shape index (κ3) is 1.26. The highest BCUT2D eigenvalue weighted by Gasteiger charge is 2.18. The van der Waals surface area contributed by atoms with Crippen molar-refractivity contribution in [1.29, 1.82) is 0 Å². The number of aromatic nitrogens is 1. The predicted octanol–water partition coefficient (Wildman–Crippen LogP) is 3.48. The number of benzene rings is 1. The number of nitrogens with zero attached hydrogens (tertiary/aromatic N) is 1. The molecule has 0 aliphatic heterocycles. The van der Waals surface area contributed by atoms with Gasteiger partial charge in [0, 0.05) is 17.1 Å². The van der Waals surface area contributed by atoms with Gasteiger partial charge in [0.05, 0.1) is 5.52 Å². The second-order valence-electron chi connectivity index (χ2n) is 4.63. The molecule has 0 fully saturated rings. The molecule has 1 nitrogen and oxygen atoms in total. The van der Waals surface area contributed by atoms with Crippen LogP contribution < -0.4 is 0 Å². The Morgan fingerprint density at radius 3 is 2.81 bits per heavy atom. The van der Waals surface area contributed by atoms with Gasteiger partial charge >= 0.3 is 0 Å². The Hall–Kier alpha value is -1.44. The average molecular weight is 215 g/mol. The number of pyridine rings is 1. The second-order valence-corrected chi connectivity index (χ2v) is 4.63. The minimum atomic E-state index is -0.117. The molecule has 0 radical (unpaired) electrons. The van der Waals surface area contributed by atoms with E-state index in [2.05, 4.69) is 11.1 Å². The number of aryl methyl sites for hydroxylation is 3. The van der Waals surface area contributed by atoms with Crippen molar-refractivity contribution in [3.05, 3.63) is 40.3 Å². The SMILES string of the molecule is Cc1cc2c3c(c(C)c(F)cc3n1)CCC2. The number of rotatable bonds is 0. The van der Waals surface area contributed by atoms with Crippen LogP contribution in [0.5, 0.6) is 0 Å². The Morgan fingerprint density at radius 2 is 2.00 bits per heavy atom. The zero-order valence-electron chi connectivity index (χ0n) is 9.60. The van der Waals surface area contributed by atoms with Gasteiger partial charge in [-0.15, -0.1) is 0 Å². The van der Waals surface area contributed by atoms with Crippen molar-refractivity contribution in [3.8, 4) is 0 Å². The summed E-state index contributed by atoms with van der Waals surface area (Å²) in [4.78, 5) is 4.44. The number of hydrogen-bond acceptors (Lipinski definition) is 1. The summed E-state index contributed by atoms with van der Waals surface area (Å²) in [5.41, 5.74) is 5.13. The summed E-state index contributed by atoms with van der Waals surface area (Å²) in [6.45, 7) is 3.85. The van der Waals surface area contributed by atoms with Crippen LogP contribution >= 0.6 is 0 Å². The molecule has 1 aromatic heterocycles. The van der Waals surface area contributed by atoms with Crippen LogP contribution in [0.25, 0.3) is 10.9 Å². The Bertz CT molecular complexity index is 587. The first-order valence-electron chi connectivity index (χ1n) is 5.75. The third-order valence-electron chi connectivity index (χ3n) is 3.51. The molecule has 0 N–H and O–H groups in total. The molecule has 2 heteroatoms. The normalized spacial score (nSPS) is 14.4. The van der Waals surface area contributed by atoms with E-state index >= 15 is 0 Å². The van der Waals surface area contributed by atoms with Crippen molar-refractivity contribution in [2.75, 3.05) is 0 Å². The molecule has 1 heterocycles. The topological polar surface area (TPSA) is 12.9 Å². The molecule has 1 aromatic carbocycles. The molecule has 0 bridgehead atoms. The molecule has 0 atom stereocenters. The lowest BCUT2D eigenvalue weighted by atomic mass is 9.87. The van der Waals surface area contributed by atoms with Gasteiger partial charge in [0.2, 0.25) is 0 Å².